The van der Waals surface area contributed by atoms with Crippen LogP contribution in [0.2, 0.25) is 0 Å². The number of hydrogen-bond donors (Lipinski definition) is 3. The second kappa shape index (κ2) is 5.27. The zero-order valence-corrected chi connectivity index (χ0v) is 9.77. The van der Waals surface area contributed by atoms with Gasteiger partial charge in [0.05, 0.1) is 5.92 Å². The van der Waals surface area contributed by atoms with Crippen molar-refractivity contribution < 1.29 is 23.8 Å². The lowest BCUT2D eigenvalue weighted by Crippen LogP contribution is -2.57. The highest BCUT2D eigenvalue weighted by Crippen LogP contribution is 2.40. The fourth-order valence-corrected chi connectivity index (χ4v) is 2.52. The van der Waals surface area contributed by atoms with E-state index in [0.717, 1.165) is 0 Å². The van der Waals surface area contributed by atoms with Crippen molar-refractivity contribution in [2.45, 2.75) is 50.7 Å². The first-order valence-corrected chi connectivity index (χ1v) is 5.85. The molecule has 0 aromatic heterocycles. The lowest BCUT2D eigenvalue weighted by molar-refractivity contribution is -0.165. The topological polar surface area (TPSA) is 83.5 Å². The number of aliphatic hydroxyl groups is 1. The molecule has 0 radical (unpaired) electrons. The van der Waals surface area contributed by atoms with Crippen LogP contribution in [-0.4, -0.2) is 34.3 Å². The summed E-state index contributed by atoms with van der Waals surface area (Å²) in [6.07, 6.45) is -1.36. The number of hydrogen-bond acceptors (Lipinski definition) is 3. The minimum atomic E-state index is -3.20. The first-order valence-electron chi connectivity index (χ1n) is 5.85. The molecular weight excluding hydrogens is 232 g/mol. The first kappa shape index (κ1) is 14.3. The van der Waals surface area contributed by atoms with Gasteiger partial charge < -0.3 is 15.9 Å². The molecule has 1 aliphatic carbocycles. The number of rotatable bonds is 4. The molecule has 0 aromatic carbocycles. The predicted octanol–water partition coefficient (Wildman–Crippen LogP) is 1.22. The Kier molecular flexibility index (Phi) is 4.43. The van der Waals surface area contributed by atoms with Crippen molar-refractivity contribution in [3.63, 3.8) is 0 Å². The third-order valence-corrected chi connectivity index (χ3v) is 3.54. The quantitative estimate of drug-likeness (QED) is 0.701. The SMILES string of the molecule is CCCC(C(=O)O)C1CCC(F)(F)[C@H](O)[C@H]1N. The van der Waals surface area contributed by atoms with E-state index in [1.165, 1.54) is 0 Å². The lowest BCUT2D eigenvalue weighted by Gasteiger charge is -2.40. The minimum Gasteiger partial charge on any atom is -0.481 e. The average molecular weight is 251 g/mol. The van der Waals surface area contributed by atoms with Crippen LogP contribution in [-0.2, 0) is 4.79 Å². The zero-order chi connectivity index (χ0) is 13.2. The molecule has 0 heterocycles. The van der Waals surface area contributed by atoms with Crippen molar-refractivity contribution in [3.8, 4) is 0 Å². The fourth-order valence-electron chi connectivity index (χ4n) is 2.52. The number of carboxylic acid groups (broad SMARTS) is 1. The molecular formula is C11H19F2NO3. The van der Waals surface area contributed by atoms with Crippen LogP contribution in [0.25, 0.3) is 0 Å². The van der Waals surface area contributed by atoms with Crippen molar-refractivity contribution >= 4 is 5.97 Å². The molecule has 4 nitrogen and oxygen atoms in total. The second-order valence-corrected chi connectivity index (χ2v) is 4.72. The summed E-state index contributed by atoms with van der Waals surface area (Å²) in [5, 5.41) is 18.5. The third kappa shape index (κ3) is 2.93. The molecule has 1 rings (SSSR count). The summed E-state index contributed by atoms with van der Waals surface area (Å²) < 4.78 is 26.4. The van der Waals surface area contributed by atoms with Gasteiger partial charge in [0.1, 0.15) is 6.10 Å². The molecule has 0 aliphatic heterocycles. The molecule has 0 aromatic rings. The predicted molar refractivity (Wildman–Crippen MR) is 57.7 cm³/mol. The average Bonchev–Trinajstić information content (AvgIpc) is 2.24. The van der Waals surface area contributed by atoms with Gasteiger partial charge in [0.2, 0.25) is 0 Å². The number of carboxylic acids is 1. The van der Waals surface area contributed by atoms with Gasteiger partial charge in [-0.3, -0.25) is 4.79 Å². The van der Waals surface area contributed by atoms with Crippen molar-refractivity contribution in [3.05, 3.63) is 0 Å². The van der Waals surface area contributed by atoms with E-state index in [-0.39, 0.29) is 6.42 Å². The first-order chi connectivity index (χ1) is 7.81. The molecule has 2 unspecified atom stereocenters. The summed E-state index contributed by atoms with van der Waals surface area (Å²) in [6.45, 7) is 1.83. The van der Waals surface area contributed by atoms with Gasteiger partial charge in [-0.15, -0.1) is 0 Å². The monoisotopic (exact) mass is 251 g/mol. The van der Waals surface area contributed by atoms with E-state index in [1.54, 1.807) is 0 Å². The highest BCUT2D eigenvalue weighted by atomic mass is 19.3. The molecule has 1 saturated carbocycles. The summed E-state index contributed by atoms with van der Waals surface area (Å²) in [4.78, 5) is 11.1. The zero-order valence-electron chi connectivity index (χ0n) is 9.77. The molecule has 0 bridgehead atoms. The molecule has 4 N–H and O–H groups in total. The van der Waals surface area contributed by atoms with Gasteiger partial charge in [-0.25, -0.2) is 8.78 Å². The molecule has 100 valence electrons. The third-order valence-electron chi connectivity index (χ3n) is 3.54. The van der Waals surface area contributed by atoms with E-state index in [2.05, 4.69) is 0 Å². The Morgan fingerprint density at radius 1 is 1.59 bits per heavy atom. The van der Waals surface area contributed by atoms with Crippen molar-refractivity contribution in [1.29, 1.82) is 0 Å². The molecule has 1 aliphatic rings. The summed E-state index contributed by atoms with van der Waals surface area (Å²) in [5.74, 6) is -5.56. The van der Waals surface area contributed by atoms with E-state index < -0.39 is 42.3 Å². The maximum absolute atomic E-state index is 13.2. The van der Waals surface area contributed by atoms with Gasteiger partial charge >= 0.3 is 5.97 Å². The van der Waals surface area contributed by atoms with Crippen molar-refractivity contribution in [2.24, 2.45) is 17.6 Å². The number of nitrogens with two attached hydrogens (primary N) is 1. The van der Waals surface area contributed by atoms with Crippen LogP contribution in [0.4, 0.5) is 8.78 Å². The lowest BCUT2D eigenvalue weighted by atomic mass is 9.72. The van der Waals surface area contributed by atoms with Crippen LogP contribution >= 0.6 is 0 Å². The van der Waals surface area contributed by atoms with Gasteiger partial charge in [0.25, 0.3) is 5.92 Å². The van der Waals surface area contributed by atoms with E-state index in [0.29, 0.717) is 12.8 Å². The number of aliphatic carboxylic acids is 1. The van der Waals surface area contributed by atoms with Crippen molar-refractivity contribution in [1.82, 2.24) is 0 Å². The van der Waals surface area contributed by atoms with Crippen LogP contribution < -0.4 is 5.73 Å². The van der Waals surface area contributed by atoms with Gasteiger partial charge in [0.15, 0.2) is 0 Å². The number of aliphatic hydroxyl groups excluding tert-OH is 1. The number of alkyl halides is 2. The minimum absolute atomic E-state index is 0.0438. The Balaban J connectivity index is 2.81. The van der Waals surface area contributed by atoms with Crippen LogP contribution in [0.5, 0.6) is 0 Å². The molecule has 1 fully saturated rings. The maximum atomic E-state index is 13.2. The van der Waals surface area contributed by atoms with Gasteiger partial charge in [-0.2, -0.15) is 0 Å². The number of halogens is 2. The largest absolute Gasteiger partial charge is 0.481 e. The summed E-state index contributed by atoms with van der Waals surface area (Å²) in [7, 11) is 0. The van der Waals surface area contributed by atoms with E-state index in [4.69, 9.17) is 10.8 Å². The van der Waals surface area contributed by atoms with Crippen LogP contribution in [0.3, 0.4) is 0 Å². The molecule has 0 spiro atoms. The second-order valence-electron chi connectivity index (χ2n) is 4.72. The highest BCUT2D eigenvalue weighted by molar-refractivity contribution is 5.70. The smallest absolute Gasteiger partial charge is 0.306 e. The Morgan fingerprint density at radius 3 is 2.65 bits per heavy atom. The fraction of sp³-hybridized carbons (Fsp3) is 0.909. The molecule has 0 saturated heterocycles. The van der Waals surface area contributed by atoms with Crippen LogP contribution in [0.1, 0.15) is 32.6 Å². The Labute approximate surface area is 98.8 Å². The Bertz CT molecular complexity index is 286. The normalized spacial score (nSPS) is 34.3. The molecule has 17 heavy (non-hydrogen) atoms. The Morgan fingerprint density at radius 2 is 2.18 bits per heavy atom. The standard InChI is InChI=1S/C11H19F2NO3/c1-2-3-7(10(16)17)6-4-5-11(12,13)9(15)8(6)14/h6-9,15H,2-5,14H2,1H3,(H,16,17)/t6?,7?,8-,9+/m0/s1. The molecule has 0 amide bonds. The van der Waals surface area contributed by atoms with Gasteiger partial charge in [-0.05, 0) is 18.8 Å². The van der Waals surface area contributed by atoms with Gasteiger partial charge in [0, 0.05) is 12.5 Å². The highest BCUT2D eigenvalue weighted by Gasteiger charge is 2.51. The summed E-state index contributed by atoms with van der Waals surface area (Å²) in [6, 6.07) is -1.17. The van der Waals surface area contributed by atoms with E-state index >= 15 is 0 Å². The number of carbonyl (C=O) groups is 1. The summed E-state index contributed by atoms with van der Waals surface area (Å²) >= 11 is 0. The molecule has 6 heteroatoms. The maximum Gasteiger partial charge on any atom is 0.306 e. The van der Waals surface area contributed by atoms with E-state index in [9.17, 15) is 18.7 Å². The van der Waals surface area contributed by atoms with E-state index in [1.807, 2.05) is 6.92 Å². The summed E-state index contributed by atoms with van der Waals surface area (Å²) in [5.41, 5.74) is 5.57. The molecule has 4 atom stereocenters. The van der Waals surface area contributed by atoms with Crippen LogP contribution in [0.15, 0.2) is 0 Å². The van der Waals surface area contributed by atoms with Gasteiger partial charge in [-0.1, -0.05) is 13.3 Å². The van der Waals surface area contributed by atoms with Crippen LogP contribution in [0, 0.1) is 11.8 Å². The van der Waals surface area contributed by atoms with Crippen molar-refractivity contribution in [2.75, 3.05) is 0 Å². The Hall–Kier alpha value is -0.750.